The van der Waals surface area contributed by atoms with E-state index in [1.807, 2.05) is 19.1 Å². The van der Waals surface area contributed by atoms with Crippen LogP contribution in [0, 0.1) is 0 Å². The Labute approximate surface area is 290 Å². The molecule has 1 N–H and O–H groups in total. The van der Waals surface area contributed by atoms with Crippen LogP contribution in [0.4, 0.5) is 0 Å². The van der Waals surface area contributed by atoms with Crippen LogP contribution in [-0.4, -0.2) is 96.3 Å². The van der Waals surface area contributed by atoms with Crippen LogP contribution < -0.4 is 0 Å². The third-order valence-electron chi connectivity index (χ3n) is 12.5. The molecular weight excluding hydrogens is 632 g/mol. The van der Waals surface area contributed by atoms with Gasteiger partial charge in [0.15, 0.2) is 35.4 Å². The van der Waals surface area contributed by atoms with Gasteiger partial charge >= 0.3 is 5.97 Å². The molecule has 276 valence electrons. The number of allylic oxidation sites excluding steroid dienone is 1. The minimum atomic E-state index is -0.733. The van der Waals surface area contributed by atoms with Crippen LogP contribution in [0.15, 0.2) is 12.2 Å². The summed E-state index contributed by atoms with van der Waals surface area (Å²) < 4.78 is 55.1. The number of carbonyl (C=O) groups excluding carboxylic acids is 1. The number of fused-ring (bicyclic) bond motifs is 1. The van der Waals surface area contributed by atoms with Gasteiger partial charge in [0.05, 0.1) is 13.2 Å². The highest BCUT2D eigenvalue weighted by molar-refractivity contribution is 5.78. The van der Waals surface area contributed by atoms with Crippen LogP contribution in [-0.2, 0) is 47.4 Å². The monoisotopic (exact) mass is 690 g/mol. The van der Waals surface area contributed by atoms with E-state index in [4.69, 9.17) is 42.6 Å². The van der Waals surface area contributed by atoms with E-state index in [9.17, 15) is 9.90 Å². The number of hydrogen-bond acceptors (Lipinski definition) is 11. The Morgan fingerprint density at radius 3 is 1.73 bits per heavy atom. The number of ether oxygens (including phenoxy) is 9. The van der Waals surface area contributed by atoms with Crippen LogP contribution in [0.2, 0.25) is 0 Å². The van der Waals surface area contributed by atoms with Gasteiger partial charge in [0.1, 0.15) is 36.6 Å². The maximum absolute atomic E-state index is 12.3. The predicted octanol–water partition coefficient (Wildman–Crippen LogP) is 5.88. The Bertz CT molecular complexity index is 1170. The molecule has 11 heteroatoms. The van der Waals surface area contributed by atoms with E-state index in [0.29, 0.717) is 13.2 Å². The summed E-state index contributed by atoms with van der Waals surface area (Å²) in [6.07, 6.45) is 21.9. The van der Waals surface area contributed by atoms with Gasteiger partial charge in [0.2, 0.25) is 0 Å². The van der Waals surface area contributed by atoms with Crippen molar-refractivity contribution in [2.24, 2.45) is 0 Å². The summed E-state index contributed by atoms with van der Waals surface area (Å²) in [7, 11) is 0. The molecule has 0 amide bonds. The second-order valence-electron chi connectivity index (χ2n) is 16.0. The maximum atomic E-state index is 12.3. The number of cyclic esters (lactones) is 1. The summed E-state index contributed by atoms with van der Waals surface area (Å²) in [6.45, 7) is 2.89. The first kappa shape index (κ1) is 34.9. The molecule has 0 aromatic carbocycles. The fourth-order valence-electron chi connectivity index (χ4n) is 9.93. The van der Waals surface area contributed by atoms with Gasteiger partial charge in [0.25, 0.3) is 0 Å². The number of esters is 1. The molecule has 9 rings (SSSR count). The normalized spacial score (nSPS) is 40.9. The van der Waals surface area contributed by atoms with Crippen molar-refractivity contribution in [2.75, 3.05) is 13.2 Å². The lowest BCUT2D eigenvalue weighted by molar-refractivity contribution is -0.230. The number of aliphatic hydroxyl groups is 1. The van der Waals surface area contributed by atoms with E-state index in [0.717, 1.165) is 103 Å². The summed E-state index contributed by atoms with van der Waals surface area (Å²) in [6, 6.07) is 0. The quantitative estimate of drug-likeness (QED) is 0.282. The van der Waals surface area contributed by atoms with Crippen molar-refractivity contribution in [3.63, 3.8) is 0 Å². The van der Waals surface area contributed by atoms with Gasteiger partial charge in [-0.05, 0) is 58.3 Å². The van der Waals surface area contributed by atoms with E-state index in [1.165, 1.54) is 25.7 Å². The molecule has 0 bridgehead atoms. The third-order valence-corrected chi connectivity index (χ3v) is 12.5. The molecule has 0 radical (unpaired) electrons. The van der Waals surface area contributed by atoms with Crippen molar-refractivity contribution in [3.05, 3.63) is 12.2 Å². The zero-order valence-electron chi connectivity index (χ0n) is 29.4. The Kier molecular flexibility index (Phi) is 10.2. The molecule has 4 unspecified atom stereocenters. The highest BCUT2D eigenvalue weighted by atomic mass is 16.8. The molecule has 11 nitrogen and oxygen atoms in total. The largest absolute Gasteiger partial charge is 0.455 e. The molecule has 49 heavy (non-hydrogen) atoms. The molecular formula is C38H58O11. The highest BCUT2D eigenvalue weighted by Crippen LogP contribution is 2.48. The summed E-state index contributed by atoms with van der Waals surface area (Å²) in [5, 5.41) is 11.0. The van der Waals surface area contributed by atoms with E-state index in [-0.39, 0.29) is 36.5 Å². The molecule has 5 aliphatic heterocycles. The first-order valence-corrected chi connectivity index (χ1v) is 19.7. The molecule has 0 aromatic rings. The van der Waals surface area contributed by atoms with Gasteiger partial charge < -0.3 is 47.7 Å². The summed E-state index contributed by atoms with van der Waals surface area (Å²) in [5.41, 5.74) is 0. The van der Waals surface area contributed by atoms with Crippen molar-refractivity contribution < 1.29 is 52.5 Å². The Morgan fingerprint density at radius 2 is 1.14 bits per heavy atom. The van der Waals surface area contributed by atoms with Crippen LogP contribution in [0.3, 0.4) is 0 Å². The number of hydrogen-bond donors (Lipinski definition) is 1. The lowest BCUT2D eigenvalue weighted by Gasteiger charge is -2.34. The lowest BCUT2D eigenvalue weighted by Crippen LogP contribution is -2.45. The molecule has 4 aliphatic carbocycles. The van der Waals surface area contributed by atoms with Gasteiger partial charge in [-0.2, -0.15) is 0 Å². The van der Waals surface area contributed by atoms with Crippen molar-refractivity contribution >= 4 is 5.97 Å². The minimum Gasteiger partial charge on any atom is -0.455 e. The van der Waals surface area contributed by atoms with Crippen LogP contribution in [0.5, 0.6) is 0 Å². The lowest BCUT2D eigenvalue weighted by atomic mass is 9.94. The fourth-order valence-corrected chi connectivity index (χ4v) is 9.93. The number of rotatable bonds is 4. The second kappa shape index (κ2) is 14.3. The smallest absolute Gasteiger partial charge is 0.338 e. The van der Waals surface area contributed by atoms with Gasteiger partial charge in [0, 0.05) is 51.4 Å². The number of carbonyl (C=O) groups is 1. The van der Waals surface area contributed by atoms with Crippen molar-refractivity contribution in [3.8, 4) is 0 Å². The molecule has 5 heterocycles. The summed E-state index contributed by atoms with van der Waals surface area (Å²) in [4.78, 5) is 12.3. The van der Waals surface area contributed by atoms with E-state index in [2.05, 4.69) is 0 Å². The molecule has 4 spiro atoms. The molecule has 4 saturated carbocycles. The molecule has 0 aromatic heterocycles. The summed E-state index contributed by atoms with van der Waals surface area (Å²) in [5.74, 6) is -2.33. The fraction of sp³-hybridized carbons (Fsp3) is 0.921. The van der Waals surface area contributed by atoms with Crippen molar-refractivity contribution in [1.82, 2.24) is 0 Å². The Hall–Kier alpha value is -1.15. The average Bonchev–Trinajstić information content (AvgIpc) is 3.94. The van der Waals surface area contributed by atoms with Gasteiger partial charge in [-0.25, -0.2) is 4.79 Å². The maximum Gasteiger partial charge on any atom is 0.338 e. The van der Waals surface area contributed by atoms with E-state index < -0.39 is 41.5 Å². The van der Waals surface area contributed by atoms with Crippen molar-refractivity contribution in [1.29, 1.82) is 0 Å². The number of aliphatic hydroxyl groups excluding tert-OH is 1. The molecule has 8 atom stereocenters. The van der Waals surface area contributed by atoms with Crippen LogP contribution in [0.1, 0.15) is 135 Å². The topological polar surface area (TPSA) is 120 Å². The highest BCUT2D eigenvalue weighted by Gasteiger charge is 2.62. The summed E-state index contributed by atoms with van der Waals surface area (Å²) >= 11 is 0. The standard InChI is InChI=1S/C20H32O5.C18H26O6/c1-2-9-15-18(25-20(23-15)12-7-4-8-13-20)17(21)16-14-22-19(24-16)10-5-3-6-11-19;19-16-15-14(23-18(24-15)9-5-2-6-10-18)13(21-16)12-11-20-17(22-12)7-3-1-4-8-17/h2,9,15-18,21H,3-8,10-14H2,1H3;12-15H,1-11H2/t15-,16?,17-,18?;12?,13-,14?,15+/m00/s1. The van der Waals surface area contributed by atoms with Gasteiger partial charge in [-0.3, -0.25) is 0 Å². The zero-order chi connectivity index (χ0) is 33.5. The Balaban J connectivity index is 0.000000142. The van der Waals surface area contributed by atoms with Crippen molar-refractivity contribution in [2.45, 2.75) is 207 Å². The second-order valence-corrected chi connectivity index (χ2v) is 16.0. The molecule has 5 saturated heterocycles. The van der Waals surface area contributed by atoms with E-state index >= 15 is 0 Å². The van der Waals surface area contributed by atoms with Gasteiger partial charge in [-0.1, -0.05) is 37.8 Å². The molecule has 9 fully saturated rings. The predicted molar refractivity (Wildman–Crippen MR) is 175 cm³/mol. The minimum absolute atomic E-state index is 0.218. The SMILES string of the molecule is CC=C[C@@H]1OC2(CCCCC2)OC1[C@@H](O)C1COC2(CCCCC2)O1.O=C1O[C@@H](C2COC3(CCCCC3)O2)C2OC3(CCCCC3)O[C@@H]12. The average molecular weight is 691 g/mol. The zero-order valence-corrected chi connectivity index (χ0v) is 29.4. The molecule has 9 aliphatic rings. The Morgan fingerprint density at radius 1 is 0.612 bits per heavy atom. The first-order valence-electron chi connectivity index (χ1n) is 19.7. The third kappa shape index (κ3) is 7.02. The van der Waals surface area contributed by atoms with Gasteiger partial charge in [-0.15, -0.1) is 0 Å². The first-order chi connectivity index (χ1) is 23.8. The van der Waals surface area contributed by atoms with Crippen LogP contribution in [0.25, 0.3) is 0 Å². The van der Waals surface area contributed by atoms with Crippen LogP contribution >= 0.6 is 0 Å². The van der Waals surface area contributed by atoms with E-state index in [1.54, 1.807) is 0 Å².